The van der Waals surface area contributed by atoms with Gasteiger partial charge in [0.25, 0.3) is 0 Å². The molecule has 0 aliphatic rings. The van der Waals surface area contributed by atoms with Gasteiger partial charge in [0.1, 0.15) is 5.75 Å². The minimum absolute atomic E-state index is 0.173. The third kappa shape index (κ3) is 5.20. The van der Waals surface area contributed by atoms with Crippen molar-refractivity contribution in [1.29, 1.82) is 0 Å². The van der Waals surface area contributed by atoms with E-state index >= 15 is 0 Å². The van der Waals surface area contributed by atoms with Gasteiger partial charge in [-0.25, -0.2) is 4.99 Å². The number of aliphatic imine (C=N–C) groups is 1. The second-order valence-electron chi connectivity index (χ2n) is 6.40. The molecule has 3 aromatic rings. The van der Waals surface area contributed by atoms with Crippen LogP contribution < -0.4 is 15.4 Å². The number of rotatable bonds is 7. The molecule has 27 heavy (non-hydrogen) atoms. The summed E-state index contributed by atoms with van der Waals surface area (Å²) >= 11 is 0. The Bertz CT molecular complexity index is 885. The Morgan fingerprint density at radius 1 is 1.11 bits per heavy atom. The number of hydrogen-bond acceptors (Lipinski definition) is 4. The zero-order chi connectivity index (χ0) is 19.1. The number of guanidine groups is 1. The molecule has 1 aromatic carbocycles. The fourth-order valence-corrected chi connectivity index (χ4v) is 2.63. The molecule has 0 fully saturated rings. The summed E-state index contributed by atoms with van der Waals surface area (Å²) in [5, 5.41) is 15.0. The first-order valence-corrected chi connectivity index (χ1v) is 9.22. The van der Waals surface area contributed by atoms with Crippen LogP contribution in [-0.2, 0) is 13.1 Å². The molecule has 0 aliphatic carbocycles. The molecule has 2 N–H and O–H groups in total. The number of ether oxygens (including phenoxy) is 1. The van der Waals surface area contributed by atoms with Crippen LogP contribution in [0.15, 0.2) is 53.7 Å². The normalized spacial score (nSPS) is 11.8. The first kappa shape index (κ1) is 18.7. The van der Waals surface area contributed by atoms with Gasteiger partial charge in [0.05, 0.1) is 19.2 Å². The number of hydrogen-bond donors (Lipinski definition) is 2. The van der Waals surface area contributed by atoms with Crippen molar-refractivity contribution in [3.05, 3.63) is 60.0 Å². The number of benzene rings is 1. The van der Waals surface area contributed by atoms with Crippen LogP contribution in [0.2, 0.25) is 0 Å². The Labute approximate surface area is 159 Å². The Morgan fingerprint density at radius 2 is 1.93 bits per heavy atom. The minimum Gasteiger partial charge on any atom is -0.491 e. The molecule has 0 aliphatic heterocycles. The number of nitrogens with one attached hydrogen (secondary N) is 2. The van der Waals surface area contributed by atoms with E-state index in [9.17, 15) is 0 Å². The molecule has 0 bridgehead atoms. The fraction of sp³-hybridized carbons (Fsp3) is 0.350. The molecule has 0 spiro atoms. The van der Waals surface area contributed by atoms with E-state index in [0.717, 1.165) is 35.3 Å². The van der Waals surface area contributed by atoms with Gasteiger partial charge >= 0.3 is 0 Å². The van der Waals surface area contributed by atoms with Crippen molar-refractivity contribution in [1.82, 2.24) is 25.2 Å². The summed E-state index contributed by atoms with van der Waals surface area (Å²) in [6.45, 7) is 7.99. The number of pyridine rings is 1. The second kappa shape index (κ2) is 9.02. The molecule has 2 heterocycles. The van der Waals surface area contributed by atoms with Gasteiger partial charge < -0.3 is 15.4 Å². The highest BCUT2D eigenvalue weighted by Gasteiger charge is 2.06. The summed E-state index contributed by atoms with van der Waals surface area (Å²) in [6, 6.07) is 13.9. The molecule has 0 unspecified atom stereocenters. The number of aromatic nitrogens is 3. The third-order valence-electron chi connectivity index (χ3n) is 3.86. The maximum atomic E-state index is 5.67. The predicted molar refractivity (Wildman–Crippen MR) is 107 cm³/mol. The lowest BCUT2D eigenvalue weighted by atomic mass is 10.2. The summed E-state index contributed by atoms with van der Waals surface area (Å²) < 4.78 is 7.64. The average Bonchev–Trinajstić information content (AvgIpc) is 3.08. The van der Waals surface area contributed by atoms with Crippen LogP contribution in [0.5, 0.6) is 5.75 Å². The molecule has 0 saturated heterocycles. The molecular weight excluding hydrogens is 340 g/mol. The highest BCUT2D eigenvalue weighted by atomic mass is 16.5. The average molecular weight is 366 g/mol. The largest absolute Gasteiger partial charge is 0.491 e. The third-order valence-corrected chi connectivity index (χ3v) is 3.86. The van der Waals surface area contributed by atoms with Gasteiger partial charge in [0, 0.05) is 12.7 Å². The standard InChI is InChI=1S/C20H26N6O/c1-4-21-20(22-13-16-8-10-17(11-9-16)27-15(2)3)23-14-19-25-24-18-7-5-6-12-26(18)19/h5-12,15H,4,13-14H2,1-3H3,(H2,21,22,23). The lowest BCUT2D eigenvalue weighted by Gasteiger charge is -2.11. The van der Waals surface area contributed by atoms with Gasteiger partial charge in [-0.15, -0.1) is 10.2 Å². The van der Waals surface area contributed by atoms with Gasteiger partial charge in [-0.1, -0.05) is 18.2 Å². The van der Waals surface area contributed by atoms with E-state index in [1.165, 1.54) is 0 Å². The van der Waals surface area contributed by atoms with Gasteiger partial charge in [-0.3, -0.25) is 4.40 Å². The second-order valence-corrected chi connectivity index (χ2v) is 6.40. The van der Waals surface area contributed by atoms with Gasteiger partial charge in [0.15, 0.2) is 17.4 Å². The minimum atomic E-state index is 0.173. The highest BCUT2D eigenvalue weighted by molar-refractivity contribution is 5.79. The van der Waals surface area contributed by atoms with Crippen molar-refractivity contribution in [3.8, 4) is 5.75 Å². The Hall–Kier alpha value is -3.09. The van der Waals surface area contributed by atoms with Crippen LogP contribution in [0.1, 0.15) is 32.2 Å². The van der Waals surface area contributed by atoms with Gasteiger partial charge in [0.2, 0.25) is 0 Å². The fourth-order valence-electron chi connectivity index (χ4n) is 2.63. The molecule has 142 valence electrons. The lowest BCUT2D eigenvalue weighted by molar-refractivity contribution is 0.242. The smallest absolute Gasteiger partial charge is 0.191 e. The van der Waals surface area contributed by atoms with Crippen molar-refractivity contribution in [2.75, 3.05) is 6.54 Å². The topological polar surface area (TPSA) is 75.8 Å². The molecule has 3 rings (SSSR count). The quantitative estimate of drug-likeness (QED) is 0.497. The number of nitrogens with zero attached hydrogens (tertiary/aromatic N) is 4. The van der Waals surface area contributed by atoms with Crippen molar-refractivity contribution < 1.29 is 4.74 Å². The summed E-state index contributed by atoms with van der Waals surface area (Å²) in [7, 11) is 0. The van der Waals surface area contributed by atoms with E-state index in [2.05, 4.69) is 25.8 Å². The summed E-state index contributed by atoms with van der Waals surface area (Å²) in [5.74, 6) is 2.46. The summed E-state index contributed by atoms with van der Waals surface area (Å²) in [6.07, 6.45) is 2.13. The van der Waals surface area contributed by atoms with Crippen LogP contribution in [0.25, 0.3) is 5.65 Å². The van der Waals surface area contributed by atoms with Gasteiger partial charge in [-0.05, 0) is 50.6 Å². The monoisotopic (exact) mass is 366 g/mol. The molecule has 0 amide bonds. The first-order chi connectivity index (χ1) is 13.2. The predicted octanol–water partition coefficient (Wildman–Crippen LogP) is 2.77. The lowest BCUT2D eigenvalue weighted by Crippen LogP contribution is -2.37. The van der Waals surface area contributed by atoms with E-state index in [-0.39, 0.29) is 6.10 Å². The Kier molecular flexibility index (Phi) is 6.25. The van der Waals surface area contributed by atoms with Crippen molar-refractivity contribution in [3.63, 3.8) is 0 Å². The molecule has 0 radical (unpaired) electrons. The molecule has 7 heteroatoms. The highest BCUT2D eigenvalue weighted by Crippen LogP contribution is 2.14. The van der Waals surface area contributed by atoms with Crippen LogP contribution in [-0.4, -0.2) is 33.2 Å². The maximum absolute atomic E-state index is 5.67. The molecule has 0 saturated carbocycles. The van der Waals surface area contributed by atoms with E-state index in [0.29, 0.717) is 13.1 Å². The maximum Gasteiger partial charge on any atom is 0.191 e. The molecule has 7 nitrogen and oxygen atoms in total. The SMILES string of the molecule is CCNC(=NCc1ccc(OC(C)C)cc1)NCc1nnc2ccccn12. The molecular formula is C20H26N6O. The van der Waals surface area contributed by atoms with Crippen LogP contribution in [0.4, 0.5) is 0 Å². The Morgan fingerprint density at radius 3 is 2.67 bits per heavy atom. The molecule has 0 atom stereocenters. The Balaban J connectivity index is 1.62. The van der Waals surface area contributed by atoms with E-state index in [1.807, 2.05) is 73.8 Å². The van der Waals surface area contributed by atoms with Crippen LogP contribution in [0.3, 0.4) is 0 Å². The zero-order valence-electron chi connectivity index (χ0n) is 16.0. The van der Waals surface area contributed by atoms with Crippen molar-refractivity contribution in [2.45, 2.75) is 40.0 Å². The first-order valence-electron chi connectivity index (χ1n) is 9.22. The summed E-state index contributed by atoms with van der Waals surface area (Å²) in [5.41, 5.74) is 1.95. The van der Waals surface area contributed by atoms with Crippen molar-refractivity contribution in [2.24, 2.45) is 4.99 Å². The van der Waals surface area contributed by atoms with Crippen LogP contribution in [0, 0.1) is 0 Å². The van der Waals surface area contributed by atoms with E-state index in [4.69, 9.17) is 4.74 Å². The number of fused-ring (bicyclic) bond motifs is 1. The zero-order valence-corrected chi connectivity index (χ0v) is 16.0. The van der Waals surface area contributed by atoms with E-state index < -0.39 is 0 Å². The molecule has 2 aromatic heterocycles. The van der Waals surface area contributed by atoms with Crippen LogP contribution >= 0.6 is 0 Å². The summed E-state index contributed by atoms with van der Waals surface area (Å²) in [4.78, 5) is 4.65. The van der Waals surface area contributed by atoms with Crippen molar-refractivity contribution >= 4 is 11.6 Å². The van der Waals surface area contributed by atoms with Gasteiger partial charge in [-0.2, -0.15) is 0 Å². The van der Waals surface area contributed by atoms with E-state index in [1.54, 1.807) is 0 Å².